The van der Waals surface area contributed by atoms with Crippen molar-refractivity contribution < 1.29 is 5.11 Å². The van der Waals surface area contributed by atoms with Gasteiger partial charge in [0.2, 0.25) is 11.7 Å². The van der Waals surface area contributed by atoms with E-state index in [1.807, 2.05) is 54.6 Å². The molecule has 0 unspecified atom stereocenters. The summed E-state index contributed by atoms with van der Waals surface area (Å²) in [4.78, 5) is 18.5. The van der Waals surface area contributed by atoms with Crippen LogP contribution >= 0.6 is 12.2 Å². The van der Waals surface area contributed by atoms with Gasteiger partial charge in [-0.25, -0.2) is 0 Å². The summed E-state index contributed by atoms with van der Waals surface area (Å²) in [5, 5.41) is 28.9. The van der Waals surface area contributed by atoms with E-state index in [0.29, 0.717) is 17.7 Å². The van der Waals surface area contributed by atoms with Crippen molar-refractivity contribution in [2.24, 2.45) is 20.7 Å². The van der Waals surface area contributed by atoms with Gasteiger partial charge >= 0.3 is 0 Å². The Balaban J connectivity index is 1.47. The number of aromatic hydroxyl groups is 1. The quantitative estimate of drug-likeness (QED) is 0.376. The Morgan fingerprint density at radius 3 is 2.37 bits per heavy atom. The van der Waals surface area contributed by atoms with Gasteiger partial charge in [-0.05, 0) is 64.5 Å². The highest BCUT2D eigenvalue weighted by Gasteiger charge is 2.10. The SMILES string of the molecule is O=c1[nH]c(=S)n(CCCc2ccccc2)c(O)c1C=c1ccc(=c2ccc(=C3N=NN=N3)cc2)[nH]1. The molecule has 9 nitrogen and oxygen atoms in total. The van der Waals surface area contributed by atoms with Crippen molar-refractivity contribution in [3.8, 4) is 5.88 Å². The molecule has 3 N–H and O–H groups in total. The summed E-state index contributed by atoms with van der Waals surface area (Å²) in [6, 6.07) is 21.5. The van der Waals surface area contributed by atoms with Crippen LogP contribution in [0.25, 0.3) is 11.9 Å². The van der Waals surface area contributed by atoms with E-state index in [4.69, 9.17) is 12.2 Å². The number of aromatic amines is 2. The highest BCUT2D eigenvalue weighted by atomic mass is 32.1. The first kappa shape index (κ1) is 22.4. The molecule has 1 aliphatic heterocycles. The largest absolute Gasteiger partial charge is 0.494 e. The molecule has 0 radical (unpaired) electrons. The molecule has 0 atom stereocenters. The fourth-order valence-corrected chi connectivity index (χ4v) is 4.15. The summed E-state index contributed by atoms with van der Waals surface area (Å²) in [7, 11) is 0. The van der Waals surface area contributed by atoms with E-state index in [9.17, 15) is 9.90 Å². The van der Waals surface area contributed by atoms with Crippen LogP contribution in [0.5, 0.6) is 5.88 Å². The third-order valence-corrected chi connectivity index (χ3v) is 6.00. The van der Waals surface area contributed by atoms with Crippen molar-refractivity contribution in [1.82, 2.24) is 14.5 Å². The number of nitrogens with one attached hydrogen (secondary N) is 2. The van der Waals surface area contributed by atoms with Crippen molar-refractivity contribution in [2.45, 2.75) is 19.4 Å². The van der Waals surface area contributed by atoms with Gasteiger partial charge in [0, 0.05) is 22.5 Å². The number of aromatic nitrogens is 3. The molecule has 1 aliphatic rings. The maximum Gasteiger partial charge on any atom is 0.262 e. The van der Waals surface area contributed by atoms with Gasteiger partial charge < -0.3 is 10.1 Å². The van der Waals surface area contributed by atoms with Crippen molar-refractivity contribution >= 4 is 24.1 Å². The van der Waals surface area contributed by atoms with Gasteiger partial charge in [0.15, 0.2) is 4.77 Å². The maximum absolute atomic E-state index is 12.6. The Bertz CT molecular complexity index is 1750. The number of hydrogen-bond donors (Lipinski definition) is 3. The Morgan fingerprint density at radius 1 is 0.914 bits per heavy atom. The number of hydrogen-bond acceptors (Lipinski definition) is 7. The molecular weight excluding hydrogens is 462 g/mol. The third kappa shape index (κ3) is 4.92. The fourth-order valence-electron chi connectivity index (χ4n) is 3.88. The van der Waals surface area contributed by atoms with Crippen LogP contribution in [0.4, 0.5) is 0 Å². The molecule has 174 valence electrons. The lowest BCUT2D eigenvalue weighted by Crippen LogP contribution is -2.19. The van der Waals surface area contributed by atoms with E-state index in [0.717, 1.165) is 28.6 Å². The van der Waals surface area contributed by atoms with Crippen LogP contribution < -0.4 is 16.1 Å². The number of H-pyrrole nitrogens is 2. The summed E-state index contributed by atoms with van der Waals surface area (Å²) < 4.78 is 1.76. The van der Waals surface area contributed by atoms with E-state index < -0.39 is 5.56 Å². The smallest absolute Gasteiger partial charge is 0.262 e. The Morgan fingerprint density at radius 2 is 1.63 bits per heavy atom. The van der Waals surface area contributed by atoms with Crippen molar-refractivity contribution in [3.63, 3.8) is 0 Å². The fraction of sp³-hybridized carbons (Fsp3) is 0.120. The molecule has 35 heavy (non-hydrogen) atoms. The Kier molecular flexibility index (Phi) is 6.27. The van der Waals surface area contributed by atoms with Crippen LogP contribution in [0.3, 0.4) is 0 Å². The first-order valence-corrected chi connectivity index (χ1v) is 11.4. The van der Waals surface area contributed by atoms with E-state index in [2.05, 4.69) is 42.8 Å². The molecule has 0 saturated carbocycles. The molecule has 0 amide bonds. The van der Waals surface area contributed by atoms with Crippen molar-refractivity contribution in [3.05, 3.63) is 114 Å². The minimum absolute atomic E-state index is 0.149. The standard InChI is InChI=1S/C25H21N7O2S/c33-23-20(24(34)32(25(35)27-23)14-4-7-16-5-2-1-3-6-16)15-19-12-13-21(26-19)17-8-10-18(11-9-17)22-28-30-31-29-22/h1-3,5-6,8-13,15,26,34H,4,7,14H2,(H,27,33,35). The molecule has 0 aliphatic carbocycles. The molecule has 0 spiro atoms. The highest BCUT2D eigenvalue weighted by molar-refractivity contribution is 7.71. The van der Waals surface area contributed by atoms with Crippen LogP contribution in [0.15, 0.2) is 92.2 Å². The summed E-state index contributed by atoms with van der Waals surface area (Å²) in [5.74, 6) is 0.318. The summed E-state index contributed by atoms with van der Waals surface area (Å²) >= 11 is 5.30. The molecular formula is C25H21N7O2S. The average Bonchev–Trinajstić information content (AvgIpc) is 3.57. The average molecular weight is 484 g/mol. The highest BCUT2D eigenvalue weighted by Crippen LogP contribution is 2.15. The van der Waals surface area contributed by atoms with Crippen LogP contribution in [0.1, 0.15) is 17.5 Å². The molecule has 10 heteroatoms. The maximum atomic E-state index is 12.6. The number of benzene rings is 2. The lowest BCUT2D eigenvalue weighted by atomic mass is 10.1. The first-order valence-electron chi connectivity index (χ1n) is 11.0. The second-order valence-corrected chi connectivity index (χ2v) is 8.38. The Labute approximate surface area is 203 Å². The van der Waals surface area contributed by atoms with E-state index in [1.54, 1.807) is 10.6 Å². The van der Waals surface area contributed by atoms with Crippen LogP contribution in [0.2, 0.25) is 0 Å². The van der Waals surface area contributed by atoms with Gasteiger partial charge in [0.25, 0.3) is 5.56 Å². The zero-order chi connectivity index (χ0) is 24.2. The normalized spacial score (nSPS) is 13.1. The van der Waals surface area contributed by atoms with Crippen molar-refractivity contribution in [2.75, 3.05) is 0 Å². The zero-order valence-corrected chi connectivity index (χ0v) is 19.4. The van der Waals surface area contributed by atoms with Crippen LogP contribution in [-0.4, -0.2) is 19.6 Å². The second-order valence-electron chi connectivity index (χ2n) is 7.99. The molecule has 2 aromatic carbocycles. The third-order valence-electron chi connectivity index (χ3n) is 5.68. The minimum Gasteiger partial charge on any atom is -0.494 e. The van der Waals surface area contributed by atoms with Crippen molar-refractivity contribution in [1.29, 1.82) is 0 Å². The first-order chi connectivity index (χ1) is 17.1. The predicted octanol–water partition coefficient (Wildman–Crippen LogP) is 3.59. The molecule has 4 aromatic rings. The van der Waals surface area contributed by atoms with Gasteiger partial charge in [-0.2, -0.15) is 0 Å². The van der Waals surface area contributed by atoms with E-state index >= 15 is 0 Å². The molecule has 0 fully saturated rings. The second kappa shape index (κ2) is 9.82. The Hall–Kier alpha value is -4.44. The number of aryl methyl sites for hydroxylation is 1. The van der Waals surface area contributed by atoms with E-state index in [1.165, 1.54) is 5.56 Å². The molecule has 0 saturated heterocycles. The van der Waals surface area contributed by atoms with Gasteiger partial charge in [0.05, 0.1) is 0 Å². The van der Waals surface area contributed by atoms with Crippen LogP contribution in [-0.2, 0) is 13.0 Å². The van der Waals surface area contributed by atoms with E-state index in [-0.39, 0.29) is 16.2 Å². The molecule has 0 bridgehead atoms. The van der Waals surface area contributed by atoms with Gasteiger partial charge in [0.1, 0.15) is 5.56 Å². The number of nitrogens with zero attached hydrogens (tertiary/aromatic N) is 5. The lowest BCUT2D eigenvalue weighted by Gasteiger charge is -2.11. The lowest BCUT2D eigenvalue weighted by molar-refractivity contribution is 0.399. The van der Waals surface area contributed by atoms with Crippen LogP contribution in [0, 0.1) is 15.3 Å². The summed E-state index contributed by atoms with van der Waals surface area (Å²) in [6.07, 6.45) is 3.22. The zero-order valence-electron chi connectivity index (χ0n) is 18.5. The number of rotatable bonds is 5. The molecule has 3 heterocycles. The molecule has 2 aromatic heterocycles. The predicted molar refractivity (Wildman–Crippen MR) is 133 cm³/mol. The molecule has 5 rings (SSSR count). The van der Waals surface area contributed by atoms with Gasteiger partial charge in [-0.15, -0.1) is 10.2 Å². The summed E-state index contributed by atoms with van der Waals surface area (Å²) in [6.45, 7) is 0.484. The topological polar surface area (TPSA) is 123 Å². The summed E-state index contributed by atoms with van der Waals surface area (Å²) in [5.41, 5.74) is 0.914. The minimum atomic E-state index is -0.441. The van der Waals surface area contributed by atoms with Gasteiger partial charge in [-0.1, -0.05) is 54.6 Å². The van der Waals surface area contributed by atoms with Gasteiger partial charge in [-0.3, -0.25) is 14.3 Å². The monoisotopic (exact) mass is 483 g/mol.